The lowest BCUT2D eigenvalue weighted by molar-refractivity contribution is -0.155. The van der Waals surface area contributed by atoms with E-state index in [2.05, 4.69) is 87.2 Å². The van der Waals surface area contributed by atoms with Gasteiger partial charge in [0.1, 0.15) is 6.10 Å². The van der Waals surface area contributed by atoms with Gasteiger partial charge in [-0.05, 0) is 116 Å². The maximum Gasteiger partial charge on any atom is 0.192 e. The first-order valence-corrected chi connectivity index (χ1v) is 18.5. The van der Waals surface area contributed by atoms with Crippen LogP contribution >= 0.6 is 0 Å². The average Bonchev–Trinajstić information content (AvgIpc) is 3.16. The Morgan fingerprint density at radius 1 is 1.05 bits per heavy atom. The van der Waals surface area contributed by atoms with Crippen molar-refractivity contribution in [2.24, 2.45) is 35.0 Å². The molecule has 0 aromatic heterocycles. The van der Waals surface area contributed by atoms with Crippen LogP contribution in [0.3, 0.4) is 0 Å². The van der Waals surface area contributed by atoms with Gasteiger partial charge in [0.05, 0.1) is 5.60 Å². The summed E-state index contributed by atoms with van der Waals surface area (Å²) in [4.78, 5) is 0. The molecule has 38 heavy (non-hydrogen) atoms. The molecule has 3 rings (SSSR count). The predicted molar refractivity (Wildman–Crippen MR) is 165 cm³/mol. The standard InChI is InChI=1S/C34H60O3Si/c1-23(2)24(3)13-14-26(5)29-17-18-30-33(29,9)19-12-20-34(30,36)31(35)22-27-21-28(16-15-25(27)4)37-38(10,11)32(6,7)8/h13-14,22-24,26,28-31,35-36H,4,12,15-21H2,1-3,5-11H3/b14-13+,27-22-/t24-,26+,28-,29+,30-,31-,33+,34+/m0/s1. The van der Waals surface area contributed by atoms with Crippen LogP contribution < -0.4 is 0 Å². The lowest BCUT2D eigenvalue weighted by atomic mass is 9.56. The normalized spacial score (nSPS) is 36.6. The van der Waals surface area contributed by atoms with Gasteiger partial charge in [-0.2, -0.15) is 0 Å². The van der Waals surface area contributed by atoms with E-state index in [1.54, 1.807) is 0 Å². The summed E-state index contributed by atoms with van der Waals surface area (Å²) in [6.45, 7) is 27.5. The SMILES string of the molecule is C=C1CC[C@H](O[Si](C)(C)C(C)(C)C)C/C1=C/[C@H](O)[C@@]1(O)CCC[C@]2(C)[C@@H]([C@H](C)/C=C/[C@H](C)C(C)C)CC[C@@H]21. The van der Waals surface area contributed by atoms with Crippen LogP contribution in [0.4, 0.5) is 0 Å². The molecule has 0 heterocycles. The molecule has 0 bridgehead atoms. The van der Waals surface area contributed by atoms with Gasteiger partial charge in [-0.25, -0.2) is 0 Å². The van der Waals surface area contributed by atoms with Crippen molar-refractivity contribution < 1.29 is 14.6 Å². The molecule has 0 saturated heterocycles. The fourth-order valence-corrected chi connectivity index (χ4v) is 8.89. The number of aliphatic hydroxyl groups is 2. The summed E-state index contributed by atoms with van der Waals surface area (Å²) >= 11 is 0. The van der Waals surface area contributed by atoms with Crippen LogP contribution in [-0.4, -0.2) is 36.3 Å². The highest BCUT2D eigenvalue weighted by Crippen LogP contribution is 2.61. The largest absolute Gasteiger partial charge is 0.414 e. The van der Waals surface area contributed by atoms with Gasteiger partial charge in [0.15, 0.2) is 8.32 Å². The van der Waals surface area contributed by atoms with Gasteiger partial charge in [0.25, 0.3) is 0 Å². The molecule has 4 heteroatoms. The number of rotatable bonds is 8. The molecule has 3 aliphatic rings. The molecular weight excluding hydrogens is 484 g/mol. The number of fused-ring (bicyclic) bond motifs is 1. The van der Waals surface area contributed by atoms with E-state index in [0.29, 0.717) is 30.1 Å². The van der Waals surface area contributed by atoms with Crippen LogP contribution in [0.2, 0.25) is 18.1 Å². The van der Waals surface area contributed by atoms with Crippen LogP contribution in [-0.2, 0) is 4.43 Å². The number of hydrogen-bond acceptors (Lipinski definition) is 3. The Labute approximate surface area is 236 Å². The van der Waals surface area contributed by atoms with Crippen molar-refractivity contribution in [2.75, 3.05) is 0 Å². The highest BCUT2D eigenvalue weighted by atomic mass is 28.4. The summed E-state index contributed by atoms with van der Waals surface area (Å²) in [6, 6.07) is 0. The van der Waals surface area contributed by atoms with Crippen LogP contribution in [0.25, 0.3) is 0 Å². The van der Waals surface area contributed by atoms with Crippen LogP contribution in [0, 0.1) is 35.0 Å². The summed E-state index contributed by atoms with van der Waals surface area (Å²) in [6.07, 6.45) is 13.7. The molecule has 0 aromatic rings. The van der Waals surface area contributed by atoms with E-state index in [1.807, 2.05) is 6.08 Å². The Morgan fingerprint density at radius 3 is 2.32 bits per heavy atom. The highest BCUT2D eigenvalue weighted by Gasteiger charge is 2.59. The van der Waals surface area contributed by atoms with Crippen molar-refractivity contribution in [3.05, 3.63) is 36.0 Å². The molecule has 8 atom stereocenters. The average molecular weight is 545 g/mol. The maximum atomic E-state index is 12.2. The third-order valence-electron chi connectivity index (χ3n) is 11.5. The summed E-state index contributed by atoms with van der Waals surface area (Å²) in [5.41, 5.74) is 1.18. The molecule has 218 valence electrons. The molecular formula is C34H60O3Si. The van der Waals surface area contributed by atoms with Crippen LogP contribution in [0.5, 0.6) is 0 Å². The van der Waals surface area contributed by atoms with Gasteiger partial charge in [-0.1, -0.05) is 79.7 Å². The Bertz CT molecular complexity index is 896. The number of hydrogen-bond donors (Lipinski definition) is 2. The van der Waals surface area contributed by atoms with Crippen molar-refractivity contribution in [1.29, 1.82) is 0 Å². The minimum atomic E-state index is -1.87. The van der Waals surface area contributed by atoms with Gasteiger partial charge < -0.3 is 14.6 Å². The quantitative estimate of drug-likeness (QED) is 0.237. The Kier molecular flexibility index (Phi) is 9.77. The van der Waals surface area contributed by atoms with Crippen molar-refractivity contribution in [3.63, 3.8) is 0 Å². The fourth-order valence-electron chi connectivity index (χ4n) is 7.50. The summed E-state index contributed by atoms with van der Waals surface area (Å²) < 4.78 is 6.76. The topological polar surface area (TPSA) is 49.7 Å². The van der Waals surface area contributed by atoms with Gasteiger partial charge in [0.2, 0.25) is 0 Å². The zero-order valence-electron chi connectivity index (χ0n) is 26.4. The molecule has 3 saturated carbocycles. The first kappa shape index (κ1) is 31.8. The van der Waals surface area contributed by atoms with E-state index >= 15 is 0 Å². The molecule has 0 spiro atoms. The molecule has 0 aliphatic heterocycles. The van der Waals surface area contributed by atoms with Gasteiger partial charge in [0, 0.05) is 6.10 Å². The maximum absolute atomic E-state index is 12.2. The molecule has 2 N–H and O–H groups in total. The van der Waals surface area contributed by atoms with Crippen molar-refractivity contribution >= 4 is 8.32 Å². The van der Waals surface area contributed by atoms with E-state index in [1.165, 1.54) is 0 Å². The number of aliphatic hydroxyl groups excluding tert-OH is 1. The summed E-state index contributed by atoms with van der Waals surface area (Å²) in [7, 11) is -1.87. The Hall–Kier alpha value is -0.683. The second kappa shape index (κ2) is 11.7. The minimum absolute atomic E-state index is 0.0505. The third kappa shape index (κ3) is 6.45. The predicted octanol–water partition coefficient (Wildman–Crippen LogP) is 8.84. The van der Waals surface area contributed by atoms with Crippen molar-refractivity contribution in [3.8, 4) is 0 Å². The molecule has 0 unspecified atom stereocenters. The van der Waals surface area contributed by atoms with Gasteiger partial charge >= 0.3 is 0 Å². The van der Waals surface area contributed by atoms with E-state index in [4.69, 9.17) is 4.43 Å². The smallest absolute Gasteiger partial charge is 0.192 e. The lowest BCUT2D eigenvalue weighted by Crippen LogP contribution is -2.56. The summed E-state index contributed by atoms with van der Waals surface area (Å²) in [5.74, 6) is 2.37. The molecule has 0 aromatic carbocycles. The molecule has 0 amide bonds. The number of allylic oxidation sites excluding steroid dienone is 3. The van der Waals surface area contributed by atoms with E-state index < -0.39 is 20.0 Å². The molecule has 0 radical (unpaired) electrons. The molecule has 3 fully saturated rings. The lowest BCUT2D eigenvalue weighted by Gasteiger charge is -2.52. The second-order valence-corrected chi connectivity index (χ2v) is 20.2. The zero-order chi connectivity index (χ0) is 28.7. The van der Waals surface area contributed by atoms with Crippen LogP contribution in [0.15, 0.2) is 36.0 Å². The highest BCUT2D eigenvalue weighted by molar-refractivity contribution is 6.74. The first-order chi connectivity index (χ1) is 17.4. The van der Waals surface area contributed by atoms with E-state index in [9.17, 15) is 10.2 Å². The van der Waals surface area contributed by atoms with E-state index in [0.717, 1.165) is 56.1 Å². The van der Waals surface area contributed by atoms with Gasteiger partial charge in [-0.3, -0.25) is 0 Å². The Balaban J connectivity index is 1.78. The Morgan fingerprint density at radius 2 is 1.71 bits per heavy atom. The van der Waals surface area contributed by atoms with Crippen LogP contribution in [0.1, 0.15) is 107 Å². The summed E-state index contributed by atoms with van der Waals surface area (Å²) in [5, 5.41) is 24.0. The second-order valence-electron chi connectivity index (χ2n) is 15.4. The van der Waals surface area contributed by atoms with E-state index in [-0.39, 0.29) is 22.5 Å². The monoisotopic (exact) mass is 544 g/mol. The molecule has 3 nitrogen and oxygen atoms in total. The molecule has 3 aliphatic carbocycles. The van der Waals surface area contributed by atoms with Crippen molar-refractivity contribution in [1.82, 2.24) is 0 Å². The fraction of sp³-hybridized carbons (Fsp3) is 0.824. The zero-order valence-corrected chi connectivity index (χ0v) is 27.4. The third-order valence-corrected chi connectivity index (χ3v) is 16.1. The first-order valence-electron chi connectivity index (χ1n) is 15.6. The van der Waals surface area contributed by atoms with Gasteiger partial charge in [-0.15, -0.1) is 0 Å². The van der Waals surface area contributed by atoms with Crippen molar-refractivity contribution in [2.45, 2.75) is 143 Å². The minimum Gasteiger partial charge on any atom is -0.414 e.